The van der Waals surface area contributed by atoms with Crippen molar-refractivity contribution in [3.8, 4) is 0 Å². The normalized spacial score (nSPS) is 21.0. The zero-order valence-electron chi connectivity index (χ0n) is 11.6. The number of nitrogens with two attached hydrogens (primary N) is 1. The minimum absolute atomic E-state index is 0.219. The lowest BCUT2D eigenvalue weighted by Gasteiger charge is -2.27. The van der Waals surface area contributed by atoms with Gasteiger partial charge in [0.05, 0.1) is 12.6 Å². The molecule has 2 N–H and O–H groups in total. The molecular weight excluding hydrogens is 224 g/mol. The van der Waals surface area contributed by atoms with Crippen molar-refractivity contribution >= 4 is 5.69 Å². The van der Waals surface area contributed by atoms with E-state index in [2.05, 4.69) is 37.1 Å². The third-order valence-electron chi connectivity index (χ3n) is 3.65. The lowest BCUT2D eigenvalue weighted by atomic mass is 10.0. The molecule has 0 aliphatic carbocycles. The van der Waals surface area contributed by atoms with Gasteiger partial charge in [-0.05, 0) is 43.9 Å². The average molecular weight is 248 g/mol. The highest BCUT2D eigenvalue weighted by molar-refractivity contribution is 5.54. The summed E-state index contributed by atoms with van der Waals surface area (Å²) < 4.78 is 5.46. The first-order valence-corrected chi connectivity index (χ1v) is 6.73. The quantitative estimate of drug-likeness (QED) is 0.887. The second kappa shape index (κ2) is 5.72. The molecule has 1 aromatic carbocycles. The van der Waals surface area contributed by atoms with Gasteiger partial charge in [-0.3, -0.25) is 0 Å². The number of rotatable bonds is 4. The number of likely N-dealkylation sites (N-methyl/N-ethyl adjacent to an activating group) is 1. The van der Waals surface area contributed by atoms with Gasteiger partial charge in [0, 0.05) is 25.4 Å². The fourth-order valence-electron chi connectivity index (χ4n) is 2.64. The van der Waals surface area contributed by atoms with Crippen molar-refractivity contribution in [1.29, 1.82) is 0 Å². The van der Waals surface area contributed by atoms with Crippen LogP contribution in [0.3, 0.4) is 0 Å². The van der Waals surface area contributed by atoms with Crippen LogP contribution in [-0.2, 0) is 11.2 Å². The van der Waals surface area contributed by atoms with E-state index >= 15 is 0 Å². The van der Waals surface area contributed by atoms with E-state index in [4.69, 9.17) is 10.5 Å². The minimum atomic E-state index is 0.219. The molecule has 0 saturated carbocycles. The Balaban J connectivity index is 2.13. The van der Waals surface area contributed by atoms with Crippen LogP contribution in [0, 0.1) is 6.92 Å². The van der Waals surface area contributed by atoms with Gasteiger partial charge >= 0.3 is 0 Å². The summed E-state index contributed by atoms with van der Waals surface area (Å²) >= 11 is 0. The van der Waals surface area contributed by atoms with Crippen LogP contribution >= 0.6 is 0 Å². The van der Waals surface area contributed by atoms with Crippen LogP contribution in [0.15, 0.2) is 18.2 Å². The van der Waals surface area contributed by atoms with Gasteiger partial charge in [0.2, 0.25) is 0 Å². The summed E-state index contributed by atoms with van der Waals surface area (Å²) in [5.41, 5.74) is 9.79. The Hall–Kier alpha value is -1.06. The Morgan fingerprint density at radius 1 is 1.50 bits per heavy atom. The van der Waals surface area contributed by atoms with Gasteiger partial charge in [0.25, 0.3) is 0 Å². The van der Waals surface area contributed by atoms with E-state index in [1.807, 2.05) is 6.92 Å². The first-order valence-electron chi connectivity index (χ1n) is 6.73. The molecule has 0 spiro atoms. The van der Waals surface area contributed by atoms with E-state index in [9.17, 15) is 0 Å². The van der Waals surface area contributed by atoms with Crippen LogP contribution in [0.5, 0.6) is 0 Å². The van der Waals surface area contributed by atoms with Gasteiger partial charge in [-0.25, -0.2) is 0 Å². The summed E-state index contributed by atoms with van der Waals surface area (Å²) in [4.78, 5) is 2.35. The van der Waals surface area contributed by atoms with Gasteiger partial charge in [-0.2, -0.15) is 0 Å². The molecule has 3 nitrogen and oxygen atoms in total. The molecule has 1 aliphatic rings. The van der Waals surface area contributed by atoms with Crippen LogP contribution in [0.2, 0.25) is 0 Å². The lowest BCUT2D eigenvalue weighted by molar-refractivity contribution is 0.193. The van der Waals surface area contributed by atoms with E-state index in [1.165, 1.54) is 16.8 Å². The number of anilines is 1. The van der Waals surface area contributed by atoms with Crippen LogP contribution < -0.4 is 10.6 Å². The Morgan fingerprint density at radius 3 is 2.83 bits per heavy atom. The Labute approximate surface area is 110 Å². The number of hydrogen-bond acceptors (Lipinski definition) is 3. The van der Waals surface area contributed by atoms with Crippen LogP contribution in [-0.4, -0.2) is 32.3 Å². The lowest BCUT2D eigenvalue weighted by Crippen LogP contribution is -2.32. The van der Waals surface area contributed by atoms with Gasteiger partial charge in [-0.15, -0.1) is 0 Å². The number of nitrogens with zero attached hydrogens (tertiary/aromatic N) is 1. The second-order valence-electron chi connectivity index (χ2n) is 5.43. The van der Waals surface area contributed by atoms with E-state index in [-0.39, 0.29) is 6.04 Å². The van der Waals surface area contributed by atoms with Crippen molar-refractivity contribution in [2.24, 2.45) is 5.73 Å². The van der Waals surface area contributed by atoms with Gasteiger partial charge < -0.3 is 15.4 Å². The predicted molar refractivity (Wildman–Crippen MR) is 76.2 cm³/mol. The maximum atomic E-state index is 5.84. The van der Waals surface area contributed by atoms with E-state index < -0.39 is 0 Å². The highest BCUT2D eigenvalue weighted by Gasteiger charge is 2.21. The largest absolute Gasteiger partial charge is 0.379 e. The molecule has 100 valence electrons. The van der Waals surface area contributed by atoms with Crippen molar-refractivity contribution in [1.82, 2.24) is 0 Å². The summed E-state index contributed by atoms with van der Waals surface area (Å²) in [5.74, 6) is 0. The van der Waals surface area contributed by atoms with Crippen molar-refractivity contribution in [2.45, 2.75) is 38.8 Å². The molecule has 1 saturated heterocycles. The molecule has 0 bridgehead atoms. The van der Waals surface area contributed by atoms with Crippen LogP contribution in [0.4, 0.5) is 5.69 Å². The monoisotopic (exact) mass is 248 g/mol. The smallest absolute Gasteiger partial charge is 0.0670 e. The SMILES string of the molecule is Cc1cc(CC(C)N)ccc1N(C)C1CCOC1. The highest BCUT2D eigenvalue weighted by Crippen LogP contribution is 2.25. The number of hydrogen-bond donors (Lipinski definition) is 1. The molecular formula is C15H24N2O. The second-order valence-corrected chi connectivity index (χ2v) is 5.43. The third-order valence-corrected chi connectivity index (χ3v) is 3.65. The molecule has 2 rings (SSSR count). The molecule has 18 heavy (non-hydrogen) atoms. The zero-order chi connectivity index (χ0) is 13.1. The van der Waals surface area contributed by atoms with Crippen molar-refractivity contribution in [3.05, 3.63) is 29.3 Å². The standard InChI is InChI=1S/C15H24N2O/c1-11-8-13(9-12(2)16)4-5-15(11)17(3)14-6-7-18-10-14/h4-5,8,12,14H,6-7,9-10,16H2,1-3H3. The Kier molecular flexibility index (Phi) is 4.25. The molecule has 1 aromatic rings. The van der Waals surface area contributed by atoms with Crippen LogP contribution in [0.25, 0.3) is 0 Å². The summed E-state index contributed by atoms with van der Waals surface area (Å²) in [6, 6.07) is 7.40. The molecule has 0 radical (unpaired) electrons. The summed E-state index contributed by atoms with van der Waals surface area (Å²) in [6.45, 7) is 5.95. The summed E-state index contributed by atoms with van der Waals surface area (Å²) in [7, 11) is 2.16. The first-order chi connectivity index (χ1) is 8.58. The van der Waals surface area contributed by atoms with E-state index in [1.54, 1.807) is 0 Å². The molecule has 1 aliphatic heterocycles. The fourth-order valence-corrected chi connectivity index (χ4v) is 2.64. The zero-order valence-corrected chi connectivity index (χ0v) is 11.6. The fraction of sp³-hybridized carbons (Fsp3) is 0.600. The molecule has 3 heteroatoms. The average Bonchev–Trinajstić information content (AvgIpc) is 2.80. The topological polar surface area (TPSA) is 38.5 Å². The molecule has 2 unspecified atom stereocenters. The van der Waals surface area contributed by atoms with Crippen molar-refractivity contribution in [3.63, 3.8) is 0 Å². The first kappa shape index (κ1) is 13.4. The number of aryl methyl sites for hydroxylation is 1. The van der Waals surface area contributed by atoms with Gasteiger partial charge in [-0.1, -0.05) is 12.1 Å². The minimum Gasteiger partial charge on any atom is -0.379 e. The summed E-state index contributed by atoms with van der Waals surface area (Å²) in [5, 5.41) is 0. The maximum absolute atomic E-state index is 5.84. The predicted octanol–water partition coefficient (Wildman–Crippen LogP) is 2.11. The van der Waals surface area contributed by atoms with E-state index in [0.717, 1.165) is 26.1 Å². The Bertz CT molecular complexity index is 397. The van der Waals surface area contributed by atoms with Crippen LogP contribution in [0.1, 0.15) is 24.5 Å². The van der Waals surface area contributed by atoms with Crippen molar-refractivity contribution in [2.75, 3.05) is 25.2 Å². The molecule has 0 amide bonds. The van der Waals surface area contributed by atoms with E-state index in [0.29, 0.717) is 6.04 Å². The van der Waals surface area contributed by atoms with Crippen molar-refractivity contribution < 1.29 is 4.74 Å². The number of ether oxygens (including phenoxy) is 1. The van der Waals surface area contributed by atoms with Gasteiger partial charge in [0.1, 0.15) is 0 Å². The molecule has 2 atom stereocenters. The van der Waals surface area contributed by atoms with Gasteiger partial charge in [0.15, 0.2) is 0 Å². The maximum Gasteiger partial charge on any atom is 0.0670 e. The number of benzene rings is 1. The molecule has 0 aromatic heterocycles. The molecule has 1 fully saturated rings. The summed E-state index contributed by atoms with van der Waals surface area (Å²) in [6.07, 6.45) is 2.06. The third kappa shape index (κ3) is 3.03. The highest BCUT2D eigenvalue weighted by atomic mass is 16.5. The molecule has 1 heterocycles. The Morgan fingerprint density at radius 2 is 2.28 bits per heavy atom.